The minimum Gasteiger partial charge on any atom is -0.345 e. The zero-order valence-corrected chi connectivity index (χ0v) is 17.8. The number of imide groups is 1. The van der Waals surface area contributed by atoms with Crippen LogP contribution < -0.4 is 16.0 Å². The molecule has 5 amide bonds. The van der Waals surface area contributed by atoms with E-state index in [1.54, 1.807) is 25.1 Å². The van der Waals surface area contributed by atoms with Crippen LogP contribution in [0.5, 0.6) is 0 Å². The van der Waals surface area contributed by atoms with E-state index in [-0.39, 0.29) is 6.54 Å². The number of carbonyl (C=O) groups is 4. The predicted octanol–water partition coefficient (Wildman–Crippen LogP) is 2.08. The van der Waals surface area contributed by atoms with Gasteiger partial charge in [0.1, 0.15) is 12.1 Å². The summed E-state index contributed by atoms with van der Waals surface area (Å²) < 4.78 is 0. The van der Waals surface area contributed by atoms with E-state index in [1.807, 2.05) is 44.2 Å². The topological polar surface area (TPSA) is 108 Å². The first-order valence-electron chi connectivity index (χ1n) is 10.1. The lowest BCUT2D eigenvalue weighted by atomic mass is 9.91. The molecule has 0 radical (unpaired) electrons. The number of urea groups is 1. The van der Waals surface area contributed by atoms with Crippen molar-refractivity contribution in [1.29, 1.82) is 0 Å². The number of nitrogens with one attached hydrogen (secondary N) is 3. The summed E-state index contributed by atoms with van der Waals surface area (Å²) in [6.07, 6.45) is 0.759. The van der Waals surface area contributed by atoms with Crippen molar-refractivity contribution in [3.8, 4) is 0 Å². The number of hydrogen-bond acceptors (Lipinski definition) is 4. The van der Waals surface area contributed by atoms with Gasteiger partial charge in [-0.1, -0.05) is 55.0 Å². The number of amides is 5. The van der Waals surface area contributed by atoms with E-state index in [9.17, 15) is 19.2 Å². The first kappa shape index (κ1) is 22.0. The monoisotopic (exact) mass is 422 g/mol. The number of benzene rings is 2. The van der Waals surface area contributed by atoms with Gasteiger partial charge in [-0.15, -0.1) is 0 Å². The lowest BCUT2D eigenvalue weighted by molar-refractivity contribution is -0.135. The van der Waals surface area contributed by atoms with Crippen molar-refractivity contribution in [3.05, 3.63) is 65.2 Å². The van der Waals surface area contributed by atoms with Crippen molar-refractivity contribution in [3.63, 3.8) is 0 Å². The molecule has 2 aromatic rings. The molecular formula is C23H26N4O4. The van der Waals surface area contributed by atoms with Gasteiger partial charge in [-0.05, 0) is 37.5 Å². The van der Waals surface area contributed by atoms with Gasteiger partial charge in [-0.25, -0.2) is 4.79 Å². The highest BCUT2D eigenvalue weighted by Crippen LogP contribution is 2.28. The Labute approximate surface area is 181 Å². The first-order valence-corrected chi connectivity index (χ1v) is 10.1. The summed E-state index contributed by atoms with van der Waals surface area (Å²) in [6.45, 7) is 4.78. The smallest absolute Gasteiger partial charge is 0.325 e. The van der Waals surface area contributed by atoms with Gasteiger partial charge in [0.2, 0.25) is 11.8 Å². The van der Waals surface area contributed by atoms with Crippen molar-refractivity contribution >= 4 is 29.4 Å². The van der Waals surface area contributed by atoms with Gasteiger partial charge in [0.05, 0.1) is 6.54 Å². The van der Waals surface area contributed by atoms with E-state index >= 15 is 0 Å². The van der Waals surface area contributed by atoms with Gasteiger partial charge >= 0.3 is 6.03 Å². The molecule has 0 aliphatic carbocycles. The lowest BCUT2D eigenvalue weighted by Gasteiger charge is -2.22. The first-order chi connectivity index (χ1) is 14.7. The molecule has 1 aliphatic heterocycles. The molecule has 0 unspecified atom stereocenters. The van der Waals surface area contributed by atoms with E-state index in [4.69, 9.17) is 0 Å². The average molecular weight is 422 g/mol. The van der Waals surface area contributed by atoms with Crippen LogP contribution in [0.2, 0.25) is 0 Å². The predicted molar refractivity (Wildman–Crippen MR) is 116 cm³/mol. The number of nitrogens with zero attached hydrogens (tertiary/aromatic N) is 1. The van der Waals surface area contributed by atoms with Crippen LogP contribution >= 0.6 is 0 Å². The Balaban J connectivity index is 1.57. The SMILES string of the molecule is CCc1ccccc1NC(=O)CNC(=O)CN1C(=O)N[C@](C)(c2ccc(C)cc2)C1=O. The van der Waals surface area contributed by atoms with Crippen LogP contribution in [-0.2, 0) is 26.3 Å². The van der Waals surface area contributed by atoms with Crippen LogP contribution in [0.3, 0.4) is 0 Å². The second-order valence-electron chi connectivity index (χ2n) is 7.65. The maximum Gasteiger partial charge on any atom is 0.325 e. The third-order valence-electron chi connectivity index (χ3n) is 5.32. The fourth-order valence-electron chi connectivity index (χ4n) is 3.45. The zero-order valence-electron chi connectivity index (χ0n) is 17.8. The molecule has 0 aromatic heterocycles. The van der Waals surface area contributed by atoms with E-state index in [0.29, 0.717) is 11.3 Å². The summed E-state index contributed by atoms with van der Waals surface area (Å²) in [5.41, 5.74) is 2.09. The molecule has 3 rings (SSSR count). The fraction of sp³-hybridized carbons (Fsp3) is 0.304. The van der Waals surface area contributed by atoms with Crippen LogP contribution in [0.4, 0.5) is 10.5 Å². The van der Waals surface area contributed by atoms with Gasteiger partial charge in [0, 0.05) is 5.69 Å². The second kappa shape index (κ2) is 8.99. The van der Waals surface area contributed by atoms with Crippen LogP contribution in [0, 0.1) is 6.92 Å². The van der Waals surface area contributed by atoms with E-state index in [0.717, 1.165) is 22.4 Å². The standard InChI is InChI=1S/C23H26N4O4/c1-4-16-7-5-6-8-18(16)25-19(28)13-24-20(29)14-27-21(30)23(3,26-22(27)31)17-11-9-15(2)10-12-17/h5-12H,4,13-14H2,1-3H3,(H,24,29)(H,25,28)(H,26,31)/t23-/m1/s1. The summed E-state index contributed by atoms with van der Waals surface area (Å²) in [6, 6.07) is 14.0. The maximum absolute atomic E-state index is 12.9. The van der Waals surface area contributed by atoms with Gasteiger partial charge < -0.3 is 16.0 Å². The molecule has 0 spiro atoms. The van der Waals surface area contributed by atoms with Crippen LogP contribution in [0.25, 0.3) is 0 Å². The van der Waals surface area contributed by atoms with Gasteiger partial charge in [-0.3, -0.25) is 19.3 Å². The van der Waals surface area contributed by atoms with Crippen LogP contribution in [-0.4, -0.2) is 41.7 Å². The number of carbonyl (C=O) groups excluding carboxylic acids is 4. The molecule has 1 fully saturated rings. The van der Waals surface area contributed by atoms with Gasteiger partial charge in [0.25, 0.3) is 5.91 Å². The Bertz CT molecular complexity index is 1020. The Kier molecular flexibility index (Phi) is 6.39. The summed E-state index contributed by atoms with van der Waals surface area (Å²) in [4.78, 5) is 50.6. The molecule has 0 bridgehead atoms. The van der Waals surface area contributed by atoms with E-state index in [2.05, 4.69) is 16.0 Å². The minimum absolute atomic E-state index is 0.268. The molecule has 31 heavy (non-hydrogen) atoms. The number of para-hydroxylation sites is 1. The third-order valence-corrected chi connectivity index (χ3v) is 5.32. The molecular weight excluding hydrogens is 396 g/mol. The van der Waals surface area contributed by atoms with Crippen molar-refractivity contribution in [2.45, 2.75) is 32.7 Å². The molecule has 2 aromatic carbocycles. The Hall–Kier alpha value is -3.68. The highest BCUT2D eigenvalue weighted by Gasteiger charge is 2.49. The molecule has 3 N–H and O–H groups in total. The number of hydrogen-bond donors (Lipinski definition) is 3. The molecule has 0 saturated carbocycles. The van der Waals surface area contributed by atoms with Crippen molar-refractivity contribution < 1.29 is 19.2 Å². The summed E-state index contributed by atoms with van der Waals surface area (Å²) in [5.74, 6) is -1.51. The fourth-order valence-corrected chi connectivity index (χ4v) is 3.45. The van der Waals surface area contributed by atoms with Crippen LogP contribution in [0.15, 0.2) is 48.5 Å². The molecule has 8 nitrogen and oxygen atoms in total. The largest absolute Gasteiger partial charge is 0.345 e. The summed E-state index contributed by atoms with van der Waals surface area (Å²) in [7, 11) is 0. The normalized spacial score (nSPS) is 18.0. The van der Waals surface area contributed by atoms with Gasteiger partial charge in [0.15, 0.2) is 0 Å². The molecule has 1 atom stereocenters. The molecule has 8 heteroatoms. The van der Waals surface area contributed by atoms with Crippen molar-refractivity contribution in [2.24, 2.45) is 0 Å². The van der Waals surface area contributed by atoms with Crippen molar-refractivity contribution in [1.82, 2.24) is 15.5 Å². The Morgan fingerprint density at radius 2 is 1.71 bits per heavy atom. The average Bonchev–Trinajstić information content (AvgIpc) is 2.97. The molecule has 1 aliphatic rings. The zero-order chi connectivity index (χ0) is 22.6. The van der Waals surface area contributed by atoms with Gasteiger partial charge in [-0.2, -0.15) is 0 Å². The quantitative estimate of drug-likeness (QED) is 0.594. The molecule has 1 heterocycles. The highest BCUT2D eigenvalue weighted by atomic mass is 16.2. The molecule has 162 valence electrons. The van der Waals surface area contributed by atoms with Crippen LogP contribution in [0.1, 0.15) is 30.5 Å². The third kappa shape index (κ3) is 4.74. The highest BCUT2D eigenvalue weighted by molar-refractivity contribution is 6.09. The Morgan fingerprint density at radius 1 is 1.03 bits per heavy atom. The Morgan fingerprint density at radius 3 is 2.39 bits per heavy atom. The molecule has 1 saturated heterocycles. The number of rotatable bonds is 7. The number of anilines is 1. The summed E-state index contributed by atoms with van der Waals surface area (Å²) in [5, 5.41) is 7.87. The van der Waals surface area contributed by atoms with Crippen molar-refractivity contribution in [2.75, 3.05) is 18.4 Å². The lowest BCUT2D eigenvalue weighted by Crippen LogP contribution is -2.44. The second-order valence-corrected chi connectivity index (χ2v) is 7.65. The van der Waals surface area contributed by atoms with E-state index < -0.39 is 35.8 Å². The maximum atomic E-state index is 12.9. The number of aryl methyl sites for hydroxylation is 2. The summed E-state index contributed by atoms with van der Waals surface area (Å²) >= 11 is 0. The minimum atomic E-state index is -1.24. The van der Waals surface area contributed by atoms with E-state index in [1.165, 1.54) is 0 Å².